The maximum atomic E-state index is 10.5. The average molecular weight is 405 g/mol. The molecule has 2 aromatic carbocycles. The van der Waals surface area contributed by atoms with Gasteiger partial charge in [-0.2, -0.15) is 10.1 Å². The van der Waals surface area contributed by atoms with E-state index in [-0.39, 0.29) is 12.5 Å². The second kappa shape index (κ2) is 8.87. The number of nitrogens with one attached hydrogen (secondary N) is 1. The molecule has 8 heteroatoms. The van der Waals surface area contributed by atoms with Gasteiger partial charge in [0.15, 0.2) is 0 Å². The summed E-state index contributed by atoms with van der Waals surface area (Å²) in [6, 6.07) is 18.2. The molecule has 1 unspecified atom stereocenters. The molecule has 30 heavy (non-hydrogen) atoms. The summed E-state index contributed by atoms with van der Waals surface area (Å²) in [6.07, 6.45) is 0.816. The minimum Gasteiger partial charge on any atom is -0.481 e. The van der Waals surface area contributed by atoms with Crippen molar-refractivity contribution in [2.45, 2.75) is 25.4 Å². The number of carboxylic acid groups (broad SMARTS) is 1. The number of benzene rings is 2. The van der Waals surface area contributed by atoms with Crippen molar-refractivity contribution in [3.05, 3.63) is 71.6 Å². The average Bonchev–Trinajstić information content (AvgIpc) is 3.39. The number of carboxylic acids is 1. The van der Waals surface area contributed by atoms with Crippen LogP contribution in [0.3, 0.4) is 0 Å². The van der Waals surface area contributed by atoms with Crippen LogP contribution in [0.2, 0.25) is 0 Å². The van der Waals surface area contributed by atoms with Crippen molar-refractivity contribution in [3.8, 4) is 11.4 Å². The molecule has 0 bridgehead atoms. The summed E-state index contributed by atoms with van der Waals surface area (Å²) in [5.74, 6) is 0.150. The summed E-state index contributed by atoms with van der Waals surface area (Å²) in [6.45, 7) is 1.04. The quantitative estimate of drug-likeness (QED) is 0.555. The molecule has 0 radical (unpaired) electrons. The van der Waals surface area contributed by atoms with Crippen LogP contribution in [0.4, 0.5) is 0 Å². The molecule has 0 saturated heterocycles. The van der Waals surface area contributed by atoms with Crippen molar-refractivity contribution in [3.63, 3.8) is 0 Å². The second-order valence-electron chi connectivity index (χ2n) is 7.19. The van der Waals surface area contributed by atoms with Crippen molar-refractivity contribution in [1.82, 2.24) is 20.5 Å². The van der Waals surface area contributed by atoms with Crippen LogP contribution in [-0.4, -0.2) is 45.5 Å². The third kappa shape index (κ3) is 4.55. The monoisotopic (exact) mass is 405 g/mol. The van der Waals surface area contributed by atoms with Crippen LogP contribution in [0.5, 0.6) is 0 Å². The molecule has 4 rings (SSSR count). The molecule has 2 N–H and O–H groups in total. The fourth-order valence-corrected chi connectivity index (χ4v) is 3.41. The third-order valence-electron chi connectivity index (χ3n) is 5.03. The summed E-state index contributed by atoms with van der Waals surface area (Å²) in [5.41, 5.74) is 3.89. The van der Waals surface area contributed by atoms with Crippen LogP contribution in [0.1, 0.15) is 35.9 Å². The molecule has 1 aliphatic rings. The first-order chi connectivity index (χ1) is 14.6. The predicted molar refractivity (Wildman–Crippen MR) is 112 cm³/mol. The van der Waals surface area contributed by atoms with Crippen molar-refractivity contribution in [2.24, 2.45) is 5.10 Å². The van der Waals surface area contributed by atoms with Crippen LogP contribution in [-0.2, 0) is 11.3 Å². The fourth-order valence-electron chi connectivity index (χ4n) is 3.41. The topological polar surface area (TPSA) is 104 Å². The van der Waals surface area contributed by atoms with Gasteiger partial charge in [0.05, 0.1) is 12.5 Å². The first-order valence-corrected chi connectivity index (χ1v) is 9.81. The van der Waals surface area contributed by atoms with Crippen LogP contribution < -0.4 is 5.32 Å². The number of hydrogen-bond donors (Lipinski definition) is 2. The molecule has 0 fully saturated rings. The Kier molecular flexibility index (Phi) is 5.85. The minimum atomic E-state index is -0.807. The molecular weight excluding hydrogens is 382 g/mol. The Labute approximate surface area is 174 Å². The van der Waals surface area contributed by atoms with E-state index in [2.05, 4.69) is 32.7 Å². The van der Waals surface area contributed by atoms with Crippen LogP contribution >= 0.6 is 0 Å². The lowest BCUT2D eigenvalue weighted by atomic mass is 10.0. The molecule has 154 valence electrons. The molecule has 1 atom stereocenters. The van der Waals surface area contributed by atoms with Gasteiger partial charge in [-0.15, -0.1) is 0 Å². The van der Waals surface area contributed by atoms with Gasteiger partial charge in [-0.3, -0.25) is 9.80 Å². The number of carbonyl (C=O) groups is 1. The number of aliphatic carboxylic acids is 1. The lowest BCUT2D eigenvalue weighted by Gasteiger charge is -2.18. The molecule has 1 aliphatic heterocycles. The molecule has 0 aliphatic carbocycles. The Bertz CT molecular complexity index is 1030. The van der Waals surface area contributed by atoms with Crippen molar-refractivity contribution >= 4 is 11.7 Å². The maximum absolute atomic E-state index is 10.5. The van der Waals surface area contributed by atoms with Crippen molar-refractivity contribution < 1.29 is 14.4 Å². The van der Waals surface area contributed by atoms with Gasteiger partial charge in [0, 0.05) is 32.1 Å². The van der Waals surface area contributed by atoms with E-state index >= 15 is 0 Å². The van der Waals surface area contributed by atoms with Crippen molar-refractivity contribution in [2.75, 3.05) is 13.6 Å². The number of rotatable bonds is 8. The van der Waals surface area contributed by atoms with Gasteiger partial charge in [-0.05, 0) is 11.1 Å². The van der Waals surface area contributed by atoms with Gasteiger partial charge in [-0.25, -0.2) is 0 Å². The Balaban J connectivity index is 1.39. The lowest BCUT2D eigenvalue weighted by molar-refractivity contribution is -0.136. The number of hydrazone groups is 1. The lowest BCUT2D eigenvalue weighted by Crippen LogP contribution is -2.17. The molecule has 0 amide bonds. The third-order valence-corrected chi connectivity index (χ3v) is 5.03. The SMILES string of the molecule is CN1N=C(c2nc(-c3ccc(CNCCC(=O)O)cc3)no2)CC1c1ccccc1. The van der Waals surface area contributed by atoms with E-state index in [4.69, 9.17) is 9.63 Å². The summed E-state index contributed by atoms with van der Waals surface area (Å²) >= 11 is 0. The highest BCUT2D eigenvalue weighted by molar-refractivity contribution is 5.98. The molecule has 0 spiro atoms. The summed E-state index contributed by atoms with van der Waals surface area (Å²) in [7, 11) is 1.95. The van der Waals surface area contributed by atoms with E-state index in [1.54, 1.807) is 0 Å². The van der Waals surface area contributed by atoms with Gasteiger partial charge in [0.1, 0.15) is 5.71 Å². The Morgan fingerprint density at radius 1 is 1.20 bits per heavy atom. The molecule has 3 aromatic rings. The maximum Gasteiger partial charge on any atom is 0.304 e. The highest BCUT2D eigenvalue weighted by Crippen LogP contribution is 2.31. The first kappa shape index (κ1) is 19.8. The zero-order chi connectivity index (χ0) is 20.9. The highest BCUT2D eigenvalue weighted by Gasteiger charge is 2.29. The first-order valence-electron chi connectivity index (χ1n) is 9.81. The van der Waals surface area contributed by atoms with Crippen LogP contribution in [0.25, 0.3) is 11.4 Å². The van der Waals surface area contributed by atoms with E-state index in [0.29, 0.717) is 31.2 Å². The van der Waals surface area contributed by atoms with E-state index < -0.39 is 5.97 Å². The van der Waals surface area contributed by atoms with Crippen LogP contribution in [0.15, 0.2) is 64.2 Å². The van der Waals surface area contributed by atoms with Gasteiger partial charge in [0.25, 0.3) is 5.89 Å². The summed E-state index contributed by atoms with van der Waals surface area (Å²) < 4.78 is 5.48. The van der Waals surface area contributed by atoms with Gasteiger partial charge >= 0.3 is 5.97 Å². The minimum absolute atomic E-state index is 0.105. The van der Waals surface area contributed by atoms with Gasteiger partial charge in [-0.1, -0.05) is 59.8 Å². The standard InChI is InChI=1S/C22H23N5O3/c1-27-19(16-5-3-2-4-6-16)13-18(25-27)22-24-21(26-30-22)17-9-7-15(8-10-17)14-23-12-11-20(28)29/h2-10,19,23H,11-14H2,1H3,(H,28,29). The predicted octanol–water partition coefficient (Wildman–Crippen LogP) is 3.08. The zero-order valence-corrected chi connectivity index (χ0v) is 16.7. The van der Waals surface area contributed by atoms with Gasteiger partial charge in [0.2, 0.25) is 5.82 Å². The van der Waals surface area contributed by atoms with E-state index in [0.717, 1.165) is 16.8 Å². The van der Waals surface area contributed by atoms with Crippen molar-refractivity contribution in [1.29, 1.82) is 0 Å². The van der Waals surface area contributed by atoms with Crippen LogP contribution in [0, 0.1) is 0 Å². The molecule has 1 aromatic heterocycles. The Morgan fingerprint density at radius 2 is 1.97 bits per heavy atom. The zero-order valence-electron chi connectivity index (χ0n) is 16.7. The number of hydrogen-bond acceptors (Lipinski definition) is 7. The smallest absolute Gasteiger partial charge is 0.304 e. The largest absolute Gasteiger partial charge is 0.481 e. The number of aromatic nitrogens is 2. The fraction of sp³-hybridized carbons (Fsp3) is 0.273. The van der Waals surface area contributed by atoms with E-state index in [1.807, 2.05) is 54.5 Å². The molecule has 0 saturated carbocycles. The second-order valence-corrected chi connectivity index (χ2v) is 7.19. The molecule has 8 nitrogen and oxygen atoms in total. The van der Waals surface area contributed by atoms with Gasteiger partial charge < -0.3 is 14.9 Å². The van der Waals surface area contributed by atoms with E-state index in [1.165, 1.54) is 5.56 Å². The van der Waals surface area contributed by atoms with E-state index in [9.17, 15) is 4.79 Å². The Hall–Kier alpha value is -3.52. The molecule has 2 heterocycles. The highest BCUT2D eigenvalue weighted by atomic mass is 16.5. The Morgan fingerprint density at radius 3 is 2.70 bits per heavy atom. The number of nitrogens with zero attached hydrogens (tertiary/aromatic N) is 4. The normalized spacial score (nSPS) is 16.0. The summed E-state index contributed by atoms with van der Waals surface area (Å²) in [5, 5.41) is 22.4. The summed E-state index contributed by atoms with van der Waals surface area (Å²) in [4.78, 5) is 15.1. The molecular formula is C22H23N5O3.